The first kappa shape index (κ1) is 38.7. The minimum absolute atomic E-state index is 0.0102. The molecule has 2 aromatic carbocycles. The van der Waals surface area contributed by atoms with Gasteiger partial charge < -0.3 is 15.2 Å². The van der Waals surface area contributed by atoms with E-state index in [1.165, 1.54) is 12.1 Å². The van der Waals surface area contributed by atoms with Gasteiger partial charge in [0.2, 0.25) is 5.91 Å². The number of benzene rings is 2. The number of ether oxygens (including phenoxy) is 1. The normalized spacial score (nSPS) is 17.8. The molecule has 10 nitrogen and oxygen atoms in total. The number of phenols is 1. The van der Waals surface area contributed by atoms with Gasteiger partial charge in [-0.05, 0) is 81.3 Å². The molecule has 1 aliphatic heterocycles. The van der Waals surface area contributed by atoms with Crippen LogP contribution in [0.1, 0.15) is 82.3 Å². The van der Waals surface area contributed by atoms with Crippen LogP contribution < -0.4 is 5.32 Å². The van der Waals surface area contributed by atoms with Crippen LogP contribution in [0.3, 0.4) is 0 Å². The zero-order valence-corrected chi connectivity index (χ0v) is 29.9. The number of phenolic OH excluding ortho intramolecular Hbond substituents is 1. The summed E-state index contributed by atoms with van der Waals surface area (Å²) >= 11 is 0. The van der Waals surface area contributed by atoms with Gasteiger partial charge in [-0.1, -0.05) is 62.4 Å². The van der Waals surface area contributed by atoms with Gasteiger partial charge in [-0.2, -0.15) is 8.42 Å². The third kappa shape index (κ3) is 12.9. The molecule has 1 amide bonds. The summed E-state index contributed by atoms with van der Waals surface area (Å²) in [5, 5.41) is 12.9. The second kappa shape index (κ2) is 19.3. The van der Waals surface area contributed by atoms with E-state index >= 15 is 0 Å². The van der Waals surface area contributed by atoms with Crippen molar-refractivity contribution in [2.75, 3.05) is 39.5 Å². The number of morpholine rings is 1. The number of unbranched alkanes of at least 4 members (excludes halogenated alkanes) is 1. The Morgan fingerprint density at radius 1 is 1.00 bits per heavy atom. The van der Waals surface area contributed by atoms with Crippen molar-refractivity contribution in [2.24, 2.45) is 17.8 Å². The average molecular weight is 699 g/mol. The van der Waals surface area contributed by atoms with Gasteiger partial charge in [-0.15, -0.1) is 0 Å². The fourth-order valence-corrected chi connectivity index (χ4v) is 7.66. The summed E-state index contributed by atoms with van der Waals surface area (Å²) in [5.41, 5.74) is 1.80. The Bertz CT molecular complexity index is 1470. The average Bonchev–Trinajstić information content (AvgIpc) is 3.59. The number of hydrogen-bond donors (Lipinski definition) is 2. The van der Waals surface area contributed by atoms with Crippen LogP contribution in [-0.2, 0) is 39.8 Å². The van der Waals surface area contributed by atoms with E-state index in [-0.39, 0.29) is 47.1 Å². The molecular weight excluding hydrogens is 644 g/mol. The molecule has 1 aliphatic carbocycles. The summed E-state index contributed by atoms with van der Waals surface area (Å²) < 4.78 is 36.0. The van der Waals surface area contributed by atoms with Crippen molar-refractivity contribution < 1.29 is 36.8 Å². The number of aromatic hydroxyl groups is 1. The number of aryl methyl sites for hydroxylation is 1. The number of carbonyl (C=O) groups excluding carboxylic acids is 3. The molecule has 2 aliphatic rings. The highest BCUT2D eigenvalue weighted by atomic mass is 32.2. The van der Waals surface area contributed by atoms with E-state index in [1.54, 1.807) is 30.3 Å². The van der Waals surface area contributed by atoms with E-state index in [9.17, 15) is 27.9 Å². The first-order valence-corrected chi connectivity index (χ1v) is 19.3. The molecule has 49 heavy (non-hydrogen) atoms. The molecular formula is C38H54N2O8S. The molecule has 1 saturated heterocycles. The van der Waals surface area contributed by atoms with Crippen molar-refractivity contribution in [1.82, 2.24) is 10.2 Å². The summed E-state index contributed by atoms with van der Waals surface area (Å²) in [6.45, 7) is 7.13. The van der Waals surface area contributed by atoms with Crippen LogP contribution >= 0.6 is 0 Å². The summed E-state index contributed by atoms with van der Waals surface area (Å²) in [6.07, 6.45) is 6.87. The van der Waals surface area contributed by atoms with Gasteiger partial charge in [0.05, 0.1) is 30.8 Å². The molecule has 0 radical (unpaired) electrons. The minimum Gasteiger partial charge on any atom is -0.508 e. The van der Waals surface area contributed by atoms with Crippen molar-refractivity contribution in [3.8, 4) is 5.75 Å². The first-order chi connectivity index (χ1) is 23.5. The van der Waals surface area contributed by atoms with Gasteiger partial charge in [0.1, 0.15) is 11.5 Å². The molecule has 2 fully saturated rings. The molecule has 270 valence electrons. The van der Waals surface area contributed by atoms with Crippen molar-refractivity contribution in [1.29, 1.82) is 0 Å². The molecule has 1 saturated carbocycles. The molecule has 1 heterocycles. The van der Waals surface area contributed by atoms with E-state index in [0.717, 1.165) is 49.9 Å². The lowest BCUT2D eigenvalue weighted by atomic mass is 9.88. The molecule has 0 bridgehead atoms. The summed E-state index contributed by atoms with van der Waals surface area (Å²) in [5.74, 6) is -0.841. The van der Waals surface area contributed by atoms with Crippen LogP contribution in [0.15, 0.2) is 53.4 Å². The molecule has 3 atom stereocenters. The first-order valence-electron chi connectivity index (χ1n) is 17.9. The lowest BCUT2D eigenvalue weighted by Crippen LogP contribution is -2.46. The smallest absolute Gasteiger partial charge is 0.296 e. The lowest BCUT2D eigenvalue weighted by molar-refractivity contribution is -0.133. The Kier molecular flexibility index (Phi) is 15.2. The van der Waals surface area contributed by atoms with E-state index in [4.69, 9.17) is 8.92 Å². The van der Waals surface area contributed by atoms with Crippen LogP contribution in [0, 0.1) is 24.7 Å². The molecule has 2 N–H and O–H groups in total. The number of hydrogen-bond acceptors (Lipinski definition) is 9. The zero-order valence-electron chi connectivity index (χ0n) is 29.1. The Morgan fingerprint density at radius 2 is 1.71 bits per heavy atom. The van der Waals surface area contributed by atoms with Crippen molar-refractivity contribution in [2.45, 2.75) is 95.4 Å². The number of nitrogens with zero attached hydrogens (tertiary/aromatic N) is 1. The van der Waals surface area contributed by atoms with E-state index in [2.05, 4.69) is 10.2 Å². The monoisotopic (exact) mass is 698 g/mol. The standard InChI is InChI=1S/C38H54N2O8S/c1-28-13-15-34(16-14-28)49(45,46)48-21-6-5-12-35(37(43)26-30-8-3-4-9-30)39-38(44)32(17-18-40-19-22-47-23-20-40)27-36(42)29(2)24-31-10-7-11-33(41)25-31/h7,10-11,13-16,25,29-30,32,35,41H,3-6,8-9,12,17-24,26-27H2,1-2H3,(H,39,44)/t29?,32-,35+/m1/s1. The molecule has 4 rings (SSSR count). The van der Waals surface area contributed by atoms with Crippen molar-refractivity contribution in [3.63, 3.8) is 0 Å². The van der Waals surface area contributed by atoms with E-state index in [0.29, 0.717) is 64.2 Å². The molecule has 1 unspecified atom stereocenters. The second-order valence-electron chi connectivity index (χ2n) is 13.9. The highest BCUT2D eigenvalue weighted by Gasteiger charge is 2.30. The Hall–Kier alpha value is -3.12. The van der Waals surface area contributed by atoms with Crippen LogP contribution in [0.4, 0.5) is 0 Å². The van der Waals surface area contributed by atoms with Gasteiger partial charge in [0.15, 0.2) is 5.78 Å². The highest BCUT2D eigenvalue weighted by molar-refractivity contribution is 7.86. The fourth-order valence-electron chi connectivity index (χ4n) is 6.72. The largest absolute Gasteiger partial charge is 0.508 e. The molecule has 0 aromatic heterocycles. The summed E-state index contributed by atoms with van der Waals surface area (Å²) in [7, 11) is -3.89. The Morgan fingerprint density at radius 3 is 2.41 bits per heavy atom. The molecule has 2 aromatic rings. The lowest BCUT2D eigenvalue weighted by Gasteiger charge is -2.29. The van der Waals surface area contributed by atoms with Crippen LogP contribution in [0.5, 0.6) is 5.75 Å². The number of Topliss-reactive ketones (excluding diaryl/α,β-unsaturated/α-hetero) is 2. The van der Waals surface area contributed by atoms with Gasteiger partial charge in [-0.25, -0.2) is 0 Å². The Balaban J connectivity index is 1.39. The topological polar surface area (TPSA) is 139 Å². The quantitative estimate of drug-likeness (QED) is 0.138. The van der Waals surface area contributed by atoms with E-state index in [1.807, 2.05) is 19.9 Å². The number of carbonyl (C=O) groups is 3. The van der Waals surface area contributed by atoms with Gasteiger partial charge >= 0.3 is 0 Å². The van der Waals surface area contributed by atoms with Crippen molar-refractivity contribution >= 4 is 27.6 Å². The fraction of sp³-hybridized carbons (Fsp3) is 0.605. The van der Waals surface area contributed by atoms with E-state index < -0.39 is 22.1 Å². The third-order valence-electron chi connectivity index (χ3n) is 9.82. The maximum absolute atomic E-state index is 13.9. The minimum atomic E-state index is -3.89. The van der Waals surface area contributed by atoms with Gasteiger partial charge in [0, 0.05) is 37.8 Å². The van der Waals surface area contributed by atoms with Crippen LogP contribution in [-0.4, -0.2) is 81.4 Å². The summed E-state index contributed by atoms with van der Waals surface area (Å²) in [6, 6.07) is 12.6. The number of amides is 1. The predicted molar refractivity (Wildman–Crippen MR) is 188 cm³/mol. The maximum Gasteiger partial charge on any atom is 0.296 e. The van der Waals surface area contributed by atoms with Crippen LogP contribution in [0.25, 0.3) is 0 Å². The van der Waals surface area contributed by atoms with Crippen molar-refractivity contribution in [3.05, 3.63) is 59.7 Å². The molecule has 11 heteroatoms. The number of rotatable bonds is 20. The predicted octanol–water partition coefficient (Wildman–Crippen LogP) is 5.39. The second-order valence-corrected chi connectivity index (χ2v) is 15.5. The zero-order chi connectivity index (χ0) is 35.2. The highest BCUT2D eigenvalue weighted by Crippen LogP contribution is 2.29. The number of ketones is 2. The third-order valence-corrected chi connectivity index (χ3v) is 11.1. The Labute approximate surface area is 292 Å². The van der Waals surface area contributed by atoms with Gasteiger partial charge in [0.25, 0.3) is 10.1 Å². The number of nitrogens with one attached hydrogen (secondary N) is 1. The molecule has 0 spiro atoms. The van der Waals surface area contributed by atoms with Gasteiger partial charge in [-0.3, -0.25) is 23.5 Å². The maximum atomic E-state index is 13.9. The SMILES string of the molecule is Cc1ccc(S(=O)(=O)OCCCC[C@H](NC(=O)[C@H](CCN2CCOCC2)CC(=O)C(C)Cc2cccc(O)c2)C(=O)CC2CCCC2)cc1. The summed E-state index contributed by atoms with van der Waals surface area (Å²) in [4.78, 5) is 43.4. The van der Waals surface area contributed by atoms with Crippen LogP contribution in [0.2, 0.25) is 0 Å².